The lowest BCUT2D eigenvalue weighted by Gasteiger charge is -2.22. The van der Waals surface area contributed by atoms with Gasteiger partial charge in [-0.25, -0.2) is 0 Å². The summed E-state index contributed by atoms with van der Waals surface area (Å²) < 4.78 is 39.2. The molecule has 0 fully saturated rings. The van der Waals surface area contributed by atoms with Crippen LogP contribution < -0.4 is 10.6 Å². The highest BCUT2D eigenvalue weighted by molar-refractivity contribution is 5.75. The maximum atomic E-state index is 13.1. The third-order valence-electron chi connectivity index (χ3n) is 4.05. The second kappa shape index (κ2) is 11.9. The molecule has 0 saturated heterocycles. The summed E-state index contributed by atoms with van der Waals surface area (Å²) >= 11 is 0. The Morgan fingerprint density at radius 3 is 2.40 bits per heavy atom. The fourth-order valence-electron chi connectivity index (χ4n) is 2.53. The van der Waals surface area contributed by atoms with Gasteiger partial charge in [-0.3, -0.25) is 4.79 Å². The lowest BCUT2D eigenvalue weighted by molar-refractivity contribution is -0.155. The molecule has 6 heteroatoms. The topological polar surface area (TPSA) is 41.1 Å². The van der Waals surface area contributed by atoms with Crippen molar-refractivity contribution in [2.45, 2.75) is 64.1 Å². The average Bonchev–Trinajstić information content (AvgIpc) is 2.57. The zero-order chi connectivity index (χ0) is 18.5. The predicted octanol–water partition coefficient (Wildman–Crippen LogP) is 4.23. The number of benzene rings is 1. The van der Waals surface area contributed by atoms with Crippen LogP contribution >= 0.6 is 0 Å². The van der Waals surface area contributed by atoms with Gasteiger partial charge in [0, 0.05) is 13.0 Å². The zero-order valence-electron chi connectivity index (χ0n) is 14.9. The molecule has 0 aliphatic carbocycles. The first-order valence-corrected chi connectivity index (χ1v) is 9.04. The molecule has 0 radical (unpaired) electrons. The van der Waals surface area contributed by atoms with Crippen LogP contribution in [-0.2, 0) is 11.2 Å². The molecule has 1 amide bonds. The molecule has 0 heterocycles. The van der Waals surface area contributed by atoms with E-state index in [9.17, 15) is 18.0 Å². The summed E-state index contributed by atoms with van der Waals surface area (Å²) in [6.07, 6.45) is 1.40. The molecule has 142 valence electrons. The van der Waals surface area contributed by atoms with E-state index in [2.05, 4.69) is 17.6 Å². The van der Waals surface area contributed by atoms with E-state index >= 15 is 0 Å². The quantitative estimate of drug-likeness (QED) is 0.549. The first-order valence-electron chi connectivity index (χ1n) is 9.04. The maximum absolute atomic E-state index is 13.1. The molecule has 2 N–H and O–H groups in total. The number of rotatable bonds is 12. The van der Waals surface area contributed by atoms with E-state index in [1.54, 1.807) is 0 Å². The van der Waals surface area contributed by atoms with Crippen LogP contribution in [0.3, 0.4) is 0 Å². The van der Waals surface area contributed by atoms with E-state index in [1.165, 1.54) is 0 Å². The summed E-state index contributed by atoms with van der Waals surface area (Å²) in [6.45, 7) is 1.89. The van der Waals surface area contributed by atoms with E-state index in [-0.39, 0.29) is 18.9 Å². The van der Waals surface area contributed by atoms with Gasteiger partial charge < -0.3 is 10.6 Å². The Morgan fingerprint density at radius 1 is 1.08 bits per heavy atom. The van der Waals surface area contributed by atoms with E-state index in [0.29, 0.717) is 6.42 Å². The Labute approximate surface area is 148 Å². The molecule has 0 spiro atoms. The molecule has 0 aromatic heterocycles. The lowest BCUT2D eigenvalue weighted by atomic mass is 10.1. The molecule has 1 aromatic carbocycles. The summed E-state index contributed by atoms with van der Waals surface area (Å²) in [5.74, 6) is -0.310. The maximum Gasteiger partial charge on any atom is 0.405 e. The first kappa shape index (κ1) is 21.5. The fraction of sp³-hybridized carbons (Fsp3) is 0.632. The van der Waals surface area contributed by atoms with Crippen molar-refractivity contribution >= 4 is 5.91 Å². The summed E-state index contributed by atoms with van der Waals surface area (Å²) in [7, 11) is 0. The Kier molecular flexibility index (Phi) is 10.2. The molecule has 0 bridgehead atoms. The van der Waals surface area contributed by atoms with E-state index < -0.39 is 18.8 Å². The van der Waals surface area contributed by atoms with E-state index in [4.69, 9.17) is 0 Å². The van der Waals surface area contributed by atoms with Gasteiger partial charge in [0.15, 0.2) is 0 Å². The van der Waals surface area contributed by atoms with Crippen molar-refractivity contribution in [1.29, 1.82) is 0 Å². The molecular formula is C19H29F3N2O. The SMILES string of the molecule is CCCCCCCC(=O)NCC(NCCc1ccccc1)C(F)(F)F. The smallest absolute Gasteiger partial charge is 0.354 e. The first-order chi connectivity index (χ1) is 11.9. The molecule has 3 nitrogen and oxygen atoms in total. The summed E-state index contributed by atoms with van der Waals surface area (Å²) in [6, 6.07) is 7.62. The molecule has 0 saturated carbocycles. The van der Waals surface area contributed by atoms with Crippen molar-refractivity contribution in [1.82, 2.24) is 10.6 Å². The van der Waals surface area contributed by atoms with E-state index in [0.717, 1.165) is 37.7 Å². The molecular weight excluding hydrogens is 329 g/mol. The molecule has 1 atom stereocenters. The molecule has 0 aliphatic rings. The number of halogens is 3. The number of carbonyl (C=O) groups is 1. The minimum absolute atomic E-state index is 0.209. The van der Waals surface area contributed by atoms with Gasteiger partial charge in [-0.15, -0.1) is 0 Å². The van der Waals surface area contributed by atoms with Crippen molar-refractivity contribution < 1.29 is 18.0 Å². The van der Waals surface area contributed by atoms with Crippen LogP contribution in [0.4, 0.5) is 13.2 Å². The minimum Gasteiger partial charge on any atom is -0.354 e. The van der Waals surface area contributed by atoms with Crippen LogP contribution in [0, 0.1) is 0 Å². The fourth-order valence-corrected chi connectivity index (χ4v) is 2.53. The third kappa shape index (κ3) is 10.1. The highest BCUT2D eigenvalue weighted by Crippen LogP contribution is 2.19. The standard InChI is InChI=1S/C19H29F3N2O/c1-2-3-4-5-9-12-18(25)24-15-17(19(20,21)22)23-14-13-16-10-7-6-8-11-16/h6-8,10-11,17,23H,2-5,9,12-15H2,1H3,(H,24,25). The second-order valence-electron chi connectivity index (χ2n) is 6.25. The van der Waals surface area contributed by atoms with Gasteiger partial charge in [0.05, 0.1) is 0 Å². The van der Waals surface area contributed by atoms with Gasteiger partial charge in [0.2, 0.25) is 5.91 Å². The van der Waals surface area contributed by atoms with Crippen LogP contribution in [0.2, 0.25) is 0 Å². The second-order valence-corrected chi connectivity index (χ2v) is 6.25. The summed E-state index contributed by atoms with van der Waals surface area (Å²) in [5.41, 5.74) is 0.979. The van der Waals surface area contributed by atoms with Crippen LogP contribution in [0.25, 0.3) is 0 Å². The predicted molar refractivity (Wildman–Crippen MR) is 94.4 cm³/mol. The van der Waals surface area contributed by atoms with Gasteiger partial charge in [0.1, 0.15) is 6.04 Å². The monoisotopic (exact) mass is 358 g/mol. The number of hydrogen-bond acceptors (Lipinski definition) is 2. The Morgan fingerprint density at radius 2 is 1.76 bits per heavy atom. The average molecular weight is 358 g/mol. The van der Waals surface area contributed by atoms with Crippen molar-refractivity contribution in [3.63, 3.8) is 0 Å². The number of unbranched alkanes of at least 4 members (excludes halogenated alkanes) is 4. The van der Waals surface area contributed by atoms with Crippen molar-refractivity contribution in [2.75, 3.05) is 13.1 Å². The van der Waals surface area contributed by atoms with Crippen LogP contribution in [0.5, 0.6) is 0 Å². The van der Waals surface area contributed by atoms with Crippen molar-refractivity contribution in [3.05, 3.63) is 35.9 Å². The molecule has 1 unspecified atom stereocenters. The van der Waals surface area contributed by atoms with Gasteiger partial charge in [-0.2, -0.15) is 13.2 Å². The van der Waals surface area contributed by atoms with Crippen molar-refractivity contribution in [3.8, 4) is 0 Å². The van der Waals surface area contributed by atoms with Gasteiger partial charge in [-0.1, -0.05) is 62.9 Å². The Bertz CT molecular complexity index is 477. The number of hydrogen-bond donors (Lipinski definition) is 2. The number of amides is 1. The Hall–Kier alpha value is -1.56. The Balaban J connectivity index is 2.29. The highest BCUT2D eigenvalue weighted by Gasteiger charge is 2.39. The van der Waals surface area contributed by atoms with Crippen LogP contribution in [0.1, 0.15) is 51.0 Å². The number of nitrogens with one attached hydrogen (secondary N) is 2. The van der Waals surface area contributed by atoms with Crippen LogP contribution in [-0.4, -0.2) is 31.2 Å². The number of alkyl halides is 3. The molecule has 1 rings (SSSR count). The molecule has 1 aromatic rings. The third-order valence-corrected chi connectivity index (χ3v) is 4.05. The molecule has 0 aliphatic heterocycles. The zero-order valence-corrected chi connectivity index (χ0v) is 14.9. The normalized spacial score (nSPS) is 12.8. The van der Waals surface area contributed by atoms with Gasteiger partial charge in [-0.05, 0) is 24.9 Å². The van der Waals surface area contributed by atoms with E-state index in [1.807, 2.05) is 30.3 Å². The minimum atomic E-state index is -4.38. The summed E-state index contributed by atoms with van der Waals surface area (Å²) in [4.78, 5) is 11.7. The molecule has 25 heavy (non-hydrogen) atoms. The number of carbonyl (C=O) groups excluding carboxylic acids is 1. The largest absolute Gasteiger partial charge is 0.405 e. The van der Waals surface area contributed by atoms with Crippen molar-refractivity contribution in [2.24, 2.45) is 0 Å². The summed E-state index contributed by atoms with van der Waals surface area (Å²) in [5, 5.41) is 4.92. The van der Waals surface area contributed by atoms with Gasteiger partial charge in [0.25, 0.3) is 0 Å². The highest BCUT2D eigenvalue weighted by atomic mass is 19.4. The van der Waals surface area contributed by atoms with Crippen LogP contribution in [0.15, 0.2) is 30.3 Å². The lowest BCUT2D eigenvalue weighted by Crippen LogP contribution is -2.50. The van der Waals surface area contributed by atoms with Gasteiger partial charge >= 0.3 is 6.18 Å².